The summed E-state index contributed by atoms with van der Waals surface area (Å²) in [4.78, 5) is 31.8. The van der Waals surface area contributed by atoms with Crippen molar-refractivity contribution in [2.45, 2.75) is 50.9 Å². The van der Waals surface area contributed by atoms with Gasteiger partial charge in [0.05, 0.1) is 17.5 Å². The van der Waals surface area contributed by atoms with Gasteiger partial charge in [0.25, 0.3) is 0 Å². The summed E-state index contributed by atoms with van der Waals surface area (Å²) in [6.45, 7) is 3.64. The summed E-state index contributed by atoms with van der Waals surface area (Å²) in [6, 6.07) is 7.41. The number of nitrogens with zero attached hydrogens (tertiary/aromatic N) is 2. The molecule has 2 aromatic rings. The minimum Gasteiger partial charge on any atom is -0.384 e. The van der Waals surface area contributed by atoms with Crippen LogP contribution in [0.3, 0.4) is 0 Å². The quantitative estimate of drug-likeness (QED) is 0.543. The highest BCUT2D eigenvalue weighted by Gasteiger charge is 2.31. The van der Waals surface area contributed by atoms with Crippen LogP contribution in [0.25, 0.3) is 0 Å². The normalized spacial score (nSPS) is 16.5. The van der Waals surface area contributed by atoms with Crippen LogP contribution >= 0.6 is 0 Å². The second-order valence-electron chi connectivity index (χ2n) is 8.50. The molecule has 3 rings (SSSR count). The predicted molar refractivity (Wildman–Crippen MR) is 123 cm³/mol. The van der Waals surface area contributed by atoms with Crippen molar-refractivity contribution in [3.05, 3.63) is 59.3 Å². The summed E-state index contributed by atoms with van der Waals surface area (Å²) in [5.41, 5.74) is 5.87. The van der Waals surface area contributed by atoms with E-state index in [1.54, 1.807) is 12.1 Å². The highest BCUT2D eigenvalue weighted by molar-refractivity contribution is 5.86. The van der Waals surface area contributed by atoms with Crippen LogP contribution in [0.15, 0.2) is 42.6 Å². The van der Waals surface area contributed by atoms with E-state index >= 15 is 0 Å². The Morgan fingerprint density at radius 3 is 2.29 bits per heavy atom. The molecule has 1 aliphatic heterocycles. The monoisotopic (exact) mass is 477 g/mol. The Morgan fingerprint density at radius 1 is 1.03 bits per heavy atom. The van der Waals surface area contributed by atoms with E-state index in [9.17, 15) is 22.8 Å². The number of carbonyl (C=O) groups excluding carboxylic acids is 2. The molecule has 0 aliphatic carbocycles. The van der Waals surface area contributed by atoms with Crippen molar-refractivity contribution >= 4 is 17.6 Å². The molecule has 2 heterocycles. The lowest BCUT2D eigenvalue weighted by atomic mass is 9.96. The number of carbonyl (C=O) groups is 2. The van der Waals surface area contributed by atoms with Gasteiger partial charge in [-0.25, -0.2) is 4.98 Å². The molecule has 0 radical (unpaired) electrons. The van der Waals surface area contributed by atoms with Gasteiger partial charge in [-0.2, -0.15) is 13.2 Å². The van der Waals surface area contributed by atoms with Crippen LogP contribution in [0.4, 0.5) is 19.0 Å². The van der Waals surface area contributed by atoms with E-state index in [-0.39, 0.29) is 25.0 Å². The number of halogens is 3. The molecule has 0 saturated carbocycles. The van der Waals surface area contributed by atoms with Crippen molar-refractivity contribution < 1.29 is 22.8 Å². The maximum Gasteiger partial charge on any atom is 0.416 e. The summed E-state index contributed by atoms with van der Waals surface area (Å²) in [5, 5.41) is 5.59. The largest absolute Gasteiger partial charge is 0.416 e. The molecular weight excluding hydrogens is 447 g/mol. The van der Waals surface area contributed by atoms with E-state index < -0.39 is 23.6 Å². The maximum absolute atomic E-state index is 13.0. The second kappa shape index (κ2) is 11.3. The molecule has 1 aromatic heterocycles. The Balaban J connectivity index is 1.70. The first-order valence-electron chi connectivity index (χ1n) is 11.3. The fraction of sp³-hybridized carbons (Fsp3) is 0.458. The third kappa shape index (κ3) is 6.93. The van der Waals surface area contributed by atoms with Crippen LogP contribution in [0.2, 0.25) is 0 Å². The predicted octanol–water partition coefficient (Wildman–Crippen LogP) is 3.07. The maximum atomic E-state index is 13.0. The minimum atomic E-state index is -4.48. The average Bonchev–Trinajstić information content (AvgIpc) is 2.83. The van der Waals surface area contributed by atoms with Gasteiger partial charge in [0.1, 0.15) is 5.82 Å². The van der Waals surface area contributed by atoms with Crippen LogP contribution < -0.4 is 16.4 Å². The van der Waals surface area contributed by atoms with E-state index in [0.29, 0.717) is 11.4 Å². The van der Waals surface area contributed by atoms with Crippen molar-refractivity contribution in [2.75, 3.05) is 25.4 Å². The van der Waals surface area contributed by atoms with E-state index in [2.05, 4.69) is 20.5 Å². The molecular formula is C24H30F3N5O2. The van der Waals surface area contributed by atoms with Crippen molar-refractivity contribution in [1.82, 2.24) is 20.5 Å². The van der Waals surface area contributed by atoms with Crippen LogP contribution in [0, 0.1) is 0 Å². The number of pyridine rings is 1. The molecule has 2 atom stereocenters. The van der Waals surface area contributed by atoms with Crippen molar-refractivity contribution in [3.63, 3.8) is 0 Å². The Morgan fingerprint density at radius 2 is 1.71 bits per heavy atom. The number of nitrogen functional groups attached to an aromatic ring is 1. The van der Waals surface area contributed by atoms with Crippen LogP contribution in [-0.2, 0) is 22.3 Å². The average molecular weight is 478 g/mol. The van der Waals surface area contributed by atoms with Gasteiger partial charge < -0.3 is 16.4 Å². The molecule has 1 fully saturated rings. The zero-order valence-electron chi connectivity index (χ0n) is 19.1. The smallest absolute Gasteiger partial charge is 0.384 e. The summed E-state index contributed by atoms with van der Waals surface area (Å²) in [5.74, 6) is -1.14. The van der Waals surface area contributed by atoms with Gasteiger partial charge in [-0.1, -0.05) is 24.6 Å². The van der Waals surface area contributed by atoms with E-state index in [1.807, 2.05) is 6.92 Å². The molecule has 10 heteroatoms. The number of likely N-dealkylation sites (tertiary alicyclic amines) is 1. The number of anilines is 1. The van der Waals surface area contributed by atoms with Gasteiger partial charge in [0.15, 0.2) is 0 Å². The zero-order valence-corrected chi connectivity index (χ0v) is 19.1. The van der Waals surface area contributed by atoms with E-state index in [1.165, 1.54) is 18.3 Å². The Kier molecular flexibility index (Phi) is 8.49. The van der Waals surface area contributed by atoms with E-state index in [0.717, 1.165) is 50.0 Å². The van der Waals surface area contributed by atoms with Crippen molar-refractivity contribution in [1.29, 1.82) is 0 Å². The number of hydrogen-bond acceptors (Lipinski definition) is 5. The number of rotatable bonds is 8. The molecule has 1 aromatic carbocycles. The molecule has 34 heavy (non-hydrogen) atoms. The topological polar surface area (TPSA) is 100 Å². The first kappa shape index (κ1) is 25.5. The third-order valence-corrected chi connectivity index (χ3v) is 6.07. The lowest BCUT2D eigenvalue weighted by Crippen LogP contribution is -2.48. The Bertz CT molecular complexity index is 958. The van der Waals surface area contributed by atoms with Gasteiger partial charge in [0.2, 0.25) is 11.8 Å². The molecule has 1 saturated heterocycles. The molecule has 1 aliphatic rings. The number of alkyl halides is 3. The fourth-order valence-corrected chi connectivity index (χ4v) is 3.94. The number of aromatic nitrogens is 1. The van der Waals surface area contributed by atoms with Crippen LogP contribution in [-0.4, -0.2) is 47.4 Å². The molecule has 2 amide bonds. The molecule has 184 valence electrons. The summed E-state index contributed by atoms with van der Waals surface area (Å²) < 4.78 is 38.9. The summed E-state index contributed by atoms with van der Waals surface area (Å²) in [7, 11) is 0. The van der Waals surface area contributed by atoms with Crippen molar-refractivity contribution in [2.24, 2.45) is 0 Å². The van der Waals surface area contributed by atoms with Crippen molar-refractivity contribution in [3.8, 4) is 0 Å². The lowest BCUT2D eigenvalue weighted by molar-refractivity contribution is -0.137. The number of hydrogen-bond donors (Lipinski definition) is 3. The number of amides is 2. The fourth-order valence-electron chi connectivity index (χ4n) is 3.94. The van der Waals surface area contributed by atoms with Crippen LogP contribution in [0.5, 0.6) is 0 Å². The summed E-state index contributed by atoms with van der Waals surface area (Å²) >= 11 is 0. The van der Waals surface area contributed by atoms with Gasteiger partial charge in [-0.3, -0.25) is 14.5 Å². The number of piperidine rings is 1. The lowest BCUT2D eigenvalue weighted by Gasteiger charge is -2.31. The highest BCUT2D eigenvalue weighted by atomic mass is 19.4. The summed E-state index contributed by atoms with van der Waals surface area (Å²) in [6.07, 6.45) is 0.272. The Labute approximate surface area is 196 Å². The van der Waals surface area contributed by atoms with Gasteiger partial charge >= 0.3 is 6.18 Å². The van der Waals surface area contributed by atoms with Crippen LogP contribution in [0.1, 0.15) is 48.8 Å². The number of nitrogens with two attached hydrogens (primary N) is 1. The first-order valence-corrected chi connectivity index (χ1v) is 11.3. The second-order valence-corrected chi connectivity index (χ2v) is 8.50. The van der Waals surface area contributed by atoms with Gasteiger partial charge in [0, 0.05) is 19.3 Å². The zero-order chi connectivity index (χ0) is 24.7. The SMILES string of the molecule is C[C@@H](C(=O)NC[C@H](C(=O)NCc1ccc(N)nc1)c1ccc(C(F)(F)F)cc1)N1CCCCC1. The molecule has 0 bridgehead atoms. The van der Waals surface area contributed by atoms with Gasteiger partial charge in [-0.05, 0) is 62.2 Å². The number of nitrogens with one attached hydrogen (secondary N) is 2. The minimum absolute atomic E-state index is 0.0335. The molecule has 0 unspecified atom stereocenters. The van der Waals surface area contributed by atoms with E-state index in [4.69, 9.17) is 5.73 Å². The Hall–Kier alpha value is -3.14. The number of benzene rings is 1. The third-order valence-electron chi connectivity index (χ3n) is 6.07. The standard InChI is InChI=1S/C24H30F3N5O2/c1-16(32-11-3-2-4-12-32)22(33)31-15-20(18-6-8-19(9-7-18)24(25,26)27)23(34)30-14-17-5-10-21(28)29-13-17/h5-10,13,16,20H,2-4,11-12,14-15H2,1H3,(H2,28,29)(H,30,34)(H,31,33)/t16-,20-/m0/s1. The van der Waals surface area contributed by atoms with Gasteiger partial charge in [-0.15, -0.1) is 0 Å². The molecule has 0 spiro atoms. The molecule has 7 nitrogen and oxygen atoms in total. The first-order chi connectivity index (χ1) is 16.1. The highest BCUT2D eigenvalue weighted by Crippen LogP contribution is 2.30. The molecule has 4 N–H and O–H groups in total.